The molecule has 1 aromatic heterocycles. The molecule has 4 nitrogen and oxygen atoms in total. The van der Waals surface area contributed by atoms with E-state index in [4.69, 9.17) is 11.6 Å². The Hall–Kier alpha value is -0.810. The highest BCUT2D eigenvalue weighted by atomic mass is 79.9. The SMILES string of the molecule is O=C(C1CCCCC1)N1CCC2(CCCN(c3ncc(Br)cc3Cl)C2)C1. The quantitative estimate of drug-likeness (QED) is 0.656. The average molecular weight is 441 g/mol. The van der Waals surface area contributed by atoms with Crippen molar-refractivity contribution in [1.82, 2.24) is 9.88 Å². The fourth-order valence-electron chi connectivity index (χ4n) is 5.09. The van der Waals surface area contributed by atoms with Crippen LogP contribution in [0.25, 0.3) is 0 Å². The third-order valence-electron chi connectivity index (χ3n) is 6.45. The van der Waals surface area contributed by atoms with E-state index in [1.165, 1.54) is 25.7 Å². The Kier molecular flexibility index (Phi) is 5.47. The molecule has 2 aliphatic heterocycles. The maximum absolute atomic E-state index is 12.9. The Morgan fingerprint density at radius 3 is 2.73 bits per heavy atom. The number of hydrogen-bond acceptors (Lipinski definition) is 3. The number of nitrogens with zero attached hydrogens (tertiary/aromatic N) is 3. The summed E-state index contributed by atoms with van der Waals surface area (Å²) < 4.78 is 0.906. The minimum absolute atomic E-state index is 0.209. The third kappa shape index (κ3) is 3.75. The molecule has 1 unspecified atom stereocenters. The number of likely N-dealkylation sites (tertiary alicyclic amines) is 1. The number of anilines is 1. The number of carbonyl (C=O) groups excluding carboxylic acids is 1. The molecule has 0 aromatic carbocycles. The van der Waals surface area contributed by atoms with Crippen molar-refractivity contribution in [2.45, 2.75) is 51.4 Å². The molecule has 0 N–H and O–H groups in total. The van der Waals surface area contributed by atoms with Crippen LogP contribution in [0.3, 0.4) is 0 Å². The normalized spacial score (nSPS) is 27.3. The molecular formula is C20H27BrClN3O. The molecule has 1 spiro atoms. The van der Waals surface area contributed by atoms with Crippen molar-refractivity contribution >= 4 is 39.3 Å². The lowest BCUT2D eigenvalue weighted by Crippen LogP contribution is -2.46. The number of piperidine rings is 1. The summed E-state index contributed by atoms with van der Waals surface area (Å²) in [6, 6.07) is 1.92. The first-order valence-electron chi connectivity index (χ1n) is 9.91. The summed E-state index contributed by atoms with van der Waals surface area (Å²) in [6.07, 6.45) is 11.2. The summed E-state index contributed by atoms with van der Waals surface area (Å²) in [6.45, 7) is 3.78. The first-order chi connectivity index (χ1) is 12.6. The van der Waals surface area contributed by atoms with Gasteiger partial charge in [0.25, 0.3) is 0 Å². The molecule has 3 heterocycles. The van der Waals surface area contributed by atoms with Gasteiger partial charge in [-0.1, -0.05) is 30.9 Å². The second kappa shape index (κ2) is 7.67. The highest BCUT2D eigenvalue weighted by molar-refractivity contribution is 9.10. The van der Waals surface area contributed by atoms with Crippen molar-refractivity contribution in [1.29, 1.82) is 0 Å². The van der Waals surface area contributed by atoms with Gasteiger partial charge in [0.2, 0.25) is 5.91 Å². The molecule has 3 aliphatic rings. The van der Waals surface area contributed by atoms with Crippen LogP contribution in [-0.4, -0.2) is 42.0 Å². The van der Waals surface area contributed by atoms with Crippen LogP contribution in [0.5, 0.6) is 0 Å². The number of aromatic nitrogens is 1. The standard InChI is InChI=1S/C20H27BrClN3O/c21-16-11-17(22)18(23-12-16)24-9-4-7-20(13-24)8-10-25(14-20)19(26)15-5-2-1-3-6-15/h11-12,15H,1-10,13-14H2. The molecule has 1 aromatic rings. The highest BCUT2D eigenvalue weighted by Crippen LogP contribution is 2.42. The van der Waals surface area contributed by atoms with Gasteiger partial charge in [0.15, 0.2) is 0 Å². The molecule has 2 saturated heterocycles. The van der Waals surface area contributed by atoms with E-state index in [1.807, 2.05) is 12.3 Å². The lowest BCUT2D eigenvalue weighted by Gasteiger charge is -2.41. The van der Waals surface area contributed by atoms with Crippen LogP contribution < -0.4 is 4.90 Å². The highest BCUT2D eigenvalue weighted by Gasteiger charge is 2.44. The van der Waals surface area contributed by atoms with E-state index in [0.717, 1.165) is 62.2 Å². The van der Waals surface area contributed by atoms with Crippen molar-refractivity contribution < 1.29 is 4.79 Å². The number of halogens is 2. The number of carbonyl (C=O) groups is 1. The summed E-state index contributed by atoms with van der Waals surface area (Å²) in [5, 5.41) is 0.699. The summed E-state index contributed by atoms with van der Waals surface area (Å²) in [4.78, 5) is 22.0. The molecule has 1 saturated carbocycles. The van der Waals surface area contributed by atoms with E-state index in [2.05, 4.69) is 30.7 Å². The first kappa shape index (κ1) is 18.5. The maximum atomic E-state index is 12.9. The monoisotopic (exact) mass is 439 g/mol. The van der Waals surface area contributed by atoms with E-state index in [0.29, 0.717) is 10.9 Å². The van der Waals surface area contributed by atoms with E-state index in [-0.39, 0.29) is 11.3 Å². The minimum atomic E-state index is 0.209. The van der Waals surface area contributed by atoms with Crippen molar-refractivity contribution in [2.24, 2.45) is 11.3 Å². The predicted molar refractivity (Wildman–Crippen MR) is 109 cm³/mol. The number of amides is 1. The van der Waals surface area contributed by atoms with E-state index in [9.17, 15) is 4.79 Å². The van der Waals surface area contributed by atoms with Gasteiger partial charge in [0, 0.05) is 48.2 Å². The van der Waals surface area contributed by atoms with Crippen LogP contribution in [0, 0.1) is 11.3 Å². The van der Waals surface area contributed by atoms with E-state index >= 15 is 0 Å². The Balaban J connectivity index is 1.44. The molecule has 6 heteroatoms. The molecule has 1 amide bonds. The molecule has 1 aliphatic carbocycles. The second-order valence-electron chi connectivity index (χ2n) is 8.33. The minimum Gasteiger partial charge on any atom is -0.355 e. The van der Waals surface area contributed by atoms with Crippen molar-refractivity contribution in [3.8, 4) is 0 Å². The lowest BCUT2D eigenvalue weighted by molar-refractivity contribution is -0.135. The maximum Gasteiger partial charge on any atom is 0.225 e. The molecule has 26 heavy (non-hydrogen) atoms. The van der Waals surface area contributed by atoms with Gasteiger partial charge in [-0.15, -0.1) is 0 Å². The number of pyridine rings is 1. The lowest BCUT2D eigenvalue weighted by atomic mass is 9.79. The number of hydrogen-bond donors (Lipinski definition) is 0. The Morgan fingerprint density at radius 2 is 1.96 bits per heavy atom. The van der Waals surface area contributed by atoms with Gasteiger partial charge in [-0.25, -0.2) is 4.98 Å². The van der Waals surface area contributed by atoms with Crippen molar-refractivity contribution in [3.63, 3.8) is 0 Å². The topological polar surface area (TPSA) is 36.4 Å². The molecule has 3 fully saturated rings. The van der Waals surface area contributed by atoms with Crippen molar-refractivity contribution in [3.05, 3.63) is 21.8 Å². The zero-order valence-corrected chi connectivity index (χ0v) is 17.6. The van der Waals surface area contributed by atoms with Gasteiger partial charge in [-0.05, 0) is 54.1 Å². The van der Waals surface area contributed by atoms with Crippen LogP contribution in [0.1, 0.15) is 51.4 Å². The van der Waals surface area contributed by atoms with Gasteiger partial charge < -0.3 is 9.80 Å². The molecule has 1 atom stereocenters. The first-order valence-corrected chi connectivity index (χ1v) is 11.1. The van der Waals surface area contributed by atoms with Gasteiger partial charge in [0.05, 0.1) is 5.02 Å². The molecule has 0 bridgehead atoms. The zero-order valence-electron chi connectivity index (χ0n) is 15.2. The van der Waals surface area contributed by atoms with Crippen LogP contribution in [-0.2, 0) is 4.79 Å². The molecule has 4 rings (SSSR count). The fourth-order valence-corrected chi connectivity index (χ4v) is 5.84. The van der Waals surface area contributed by atoms with E-state index in [1.54, 1.807) is 0 Å². The largest absolute Gasteiger partial charge is 0.355 e. The summed E-state index contributed by atoms with van der Waals surface area (Å²) in [5.41, 5.74) is 0.209. The van der Waals surface area contributed by atoms with Crippen molar-refractivity contribution in [2.75, 3.05) is 31.1 Å². The summed E-state index contributed by atoms with van der Waals surface area (Å²) in [5.74, 6) is 1.57. The van der Waals surface area contributed by atoms with Crippen LogP contribution in [0.4, 0.5) is 5.82 Å². The number of rotatable bonds is 2. The molecular weight excluding hydrogens is 414 g/mol. The van der Waals surface area contributed by atoms with Crippen LogP contribution >= 0.6 is 27.5 Å². The predicted octanol–water partition coefficient (Wildman–Crippen LogP) is 4.90. The van der Waals surface area contributed by atoms with Gasteiger partial charge in [-0.2, -0.15) is 0 Å². The third-order valence-corrected chi connectivity index (χ3v) is 7.17. The van der Waals surface area contributed by atoms with Gasteiger partial charge >= 0.3 is 0 Å². The van der Waals surface area contributed by atoms with Gasteiger partial charge in [-0.3, -0.25) is 4.79 Å². The fraction of sp³-hybridized carbons (Fsp3) is 0.700. The van der Waals surface area contributed by atoms with Crippen LogP contribution in [0.2, 0.25) is 5.02 Å². The molecule has 142 valence electrons. The van der Waals surface area contributed by atoms with E-state index < -0.39 is 0 Å². The smallest absolute Gasteiger partial charge is 0.225 e. The Labute approximate surface area is 169 Å². The van der Waals surface area contributed by atoms with Gasteiger partial charge in [0.1, 0.15) is 5.82 Å². The molecule has 0 radical (unpaired) electrons. The Bertz CT molecular complexity index is 679. The zero-order chi connectivity index (χ0) is 18.1. The average Bonchev–Trinajstić information content (AvgIpc) is 3.05. The second-order valence-corrected chi connectivity index (χ2v) is 9.65. The summed E-state index contributed by atoms with van der Waals surface area (Å²) in [7, 11) is 0. The Morgan fingerprint density at radius 1 is 1.15 bits per heavy atom. The summed E-state index contributed by atoms with van der Waals surface area (Å²) >= 11 is 9.87. The van der Waals surface area contributed by atoms with Crippen LogP contribution in [0.15, 0.2) is 16.7 Å².